The Morgan fingerprint density at radius 2 is 1.15 bits per heavy atom. The SMILES string of the molecule is C=CCOC(=O)N[C@H](C(=O)N1CCC[C@H]1c1ncc(-c2ccc(/C3=C/C(=C\C)CCC(=C(/C)c4ccc(-c5cnc([C@@H]6CCCN6C(=O)[C@@H](NC(=O)OCC=C)c6ccccc6)[nH]5)cc4)/C=C\[C@H](C)CC[C@H]3C)cc2)[nH]1)c1ccccc1. The number of likely N-dealkylation sites (tertiary alicyclic amines) is 2. The van der Waals surface area contributed by atoms with E-state index in [0.717, 1.165) is 79.4 Å². The number of ether oxygens (including phenoxy) is 2. The van der Waals surface area contributed by atoms with Crippen LogP contribution in [0.25, 0.3) is 33.7 Å². The lowest BCUT2D eigenvalue weighted by atomic mass is 9.84. The lowest BCUT2D eigenvalue weighted by Gasteiger charge is -2.28. The molecule has 14 nitrogen and oxygen atoms in total. The van der Waals surface area contributed by atoms with Crippen LogP contribution in [-0.4, -0.2) is 80.0 Å². The molecule has 4 N–H and O–H groups in total. The molecule has 14 heteroatoms. The summed E-state index contributed by atoms with van der Waals surface area (Å²) in [4.78, 5) is 74.2. The van der Waals surface area contributed by atoms with E-state index in [1.807, 2.05) is 82.9 Å². The molecule has 4 amide bonds. The van der Waals surface area contributed by atoms with Crippen LogP contribution in [0.4, 0.5) is 9.59 Å². The molecule has 82 heavy (non-hydrogen) atoms. The molecule has 0 saturated carbocycles. The first-order valence-electron chi connectivity index (χ1n) is 28.8. The summed E-state index contributed by atoms with van der Waals surface area (Å²) in [6, 6.07) is 33.5. The molecule has 2 saturated heterocycles. The number of aromatic amines is 2. The van der Waals surface area contributed by atoms with Crippen molar-refractivity contribution in [2.24, 2.45) is 11.8 Å². The maximum absolute atomic E-state index is 14.2. The van der Waals surface area contributed by atoms with Gasteiger partial charge in [0.05, 0.1) is 35.9 Å². The molecule has 1 aliphatic carbocycles. The molecule has 4 heterocycles. The molecule has 0 spiro atoms. The zero-order valence-corrected chi connectivity index (χ0v) is 47.6. The Morgan fingerprint density at radius 1 is 0.659 bits per heavy atom. The number of amides is 4. The molecular weight excluding hydrogens is 1020 g/mol. The molecule has 424 valence electrons. The molecule has 0 bridgehead atoms. The normalized spacial score (nSPS) is 21.4. The molecule has 0 radical (unpaired) electrons. The maximum atomic E-state index is 14.2. The predicted octanol–water partition coefficient (Wildman–Crippen LogP) is 14.3. The fraction of sp³-hybridized carbons (Fsp3) is 0.324. The number of hydrogen-bond acceptors (Lipinski definition) is 8. The molecule has 2 fully saturated rings. The standard InChI is InChI=1S/C68H76N8O6/c1-7-40-81-67(79)73-61(54-18-12-10-13-19-54)65(77)75-38-16-22-59(75)63-69-43-57(71-63)52-34-30-50(31-35-52)47(6)49-28-25-45(4)24-26-46(5)56(42-48(9-3)27-29-49)51-32-36-53(37-33-51)58-44-70-64(72-58)60-23-17-39-76(60)66(78)62(55-20-14-11-15-21-55)74-68(80)82-41-8-2/h7-15,18-21,25,28,30-37,42-46,59-62H,1-2,16-17,22-24,26-27,29,38-41H2,3-6H3,(H,69,71)(H,70,72)(H,73,79)(H,74,80)/b28-25-,48-9-,49-47-,56-42+/t45-,46-,59+,60+,61+,62+/m1/s1. The van der Waals surface area contributed by atoms with E-state index in [4.69, 9.17) is 19.4 Å². The average molecular weight is 1100 g/mol. The minimum Gasteiger partial charge on any atom is -0.445 e. The second-order valence-electron chi connectivity index (χ2n) is 21.6. The number of benzene rings is 4. The van der Waals surface area contributed by atoms with Crippen LogP contribution >= 0.6 is 0 Å². The van der Waals surface area contributed by atoms with Gasteiger partial charge in [-0.25, -0.2) is 19.6 Å². The summed E-state index contributed by atoms with van der Waals surface area (Å²) >= 11 is 0. The van der Waals surface area contributed by atoms with Gasteiger partial charge in [0.2, 0.25) is 0 Å². The van der Waals surface area contributed by atoms with E-state index in [2.05, 4.69) is 134 Å². The van der Waals surface area contributed by atoms with Gasteiger partial charge in [0, 0.05) is 13.1 Å². The number of hydrogen-bond donors (Lipinski definition) is 4. The molecule has 6 atom stereocenters. The Labute approximate surface area is 482 Å². The Bertz CT molecular complexity index is 3320. The highest BCUT2D eigenvalue weighted by atomic mass is 16.6. The van der Waals surface area contributed by atoms with Gasteiger partial charge >= 0.3 is 12.2 Å². The average Bonchev–Trinajstić information content (AvgIpc) is 4.55. The van der Waals surface area contributed by atoms with Gasteiger partial charge in [0.15, 0.2) is 0 Å². The maximum Gasteiger partial charge on any atom is 0.408 e. The fourth-order valence-corrected chi connectivity index (χ4v) is 11.4. The number of carbonyl (C=O) groups excluding carboxylic acids is 4. The number of allylic oxidation sites excluding steroid dienone is 8. The minimum absolute atomic E-state index is 0.0386. The largest absolute Gasteiger partial charge is 0.445 e. The summed E-state index contributed by atoms with van der Waals surface area (Å²) in [5.41, 5.74) is 12.6. The first-order chi connectivity index (χ1) is 39.9. The number of nitrogens with zero attached hydrogens (tertiary/aromatic N) is 4. The van der Waals surface area contributed by atoms with Crippen molar-refractivity contribution in [1.29, 1.82) is 0 Å². The van der Waals surface area contributed by atoms with Crippen LogP contribution < -0.4 is 10.6 Å². The van der Waals surface area contributed by atoms with Gasteiger partial charge in [-0.2, -0.15) is 0 Å². The minimum atomic E-state index is -0.916. The van der Waals surface area contributed by atoms with Gasteiger partial charge in [-0.15, -0.1) is 0 Å². The zero-order chi connectivity index (χ0) is 57.5. The first-order valence-corrected chi connectivity index (χ1v) is 28.8. The van der Waals surface area contributed by atoms with Crippen molar-refractivity contribution in [3.05, 3.63) is 216 Å². The third kappa shape index (κ3) is 14.0. The van der Waals surface area contributed by atoms with Crippen LogP contribution in [0.15, 0.2) is 182 Å². The third-order valence-electron chi connectivity index (χ3n) is 16.1. The summed E-state index contributed by atoms with van der Waals surface area (Å²) in [6.07, 6.45) is 21.6. The van der Waals surface area contributed by atoms with Gasteiger partial charge in [-0.1, -0.05) is 178 Å². The van der Waals surface area contributed by atoms with Gasteiger partial charge in [0.25, 0.3) is 11.8 Å². The van der Waals surface area contributed by atoms with E-state index in [-0.39, 0.29) is 37.1 Å². The molecular formula is C68H76N8O6. The highest BCUT2D eigenvalue weighted by Crippen LogP contribution is 2.38. The van der Waals surface area contributed by atoms with E-state index in [1.54, 1.807) is 0 Å². The van der Waals surface area contributed by atoms with Crippen LogP contribution in [0.1, 0.15) is 137 Å². The molecule has 9 rings (SSSR count). The van der Waals surface area contributed by atoms with Gasteiger partial charge in [-0.05, 0) is 127 Å². The topological polar surface area (TPSA) is 175 Å². The van der Waals surface area contributed by atoms with E-state index >= 15 is 0 Å². The van der Waals surface area contributed by atoms with Crippen molar-refractivity contribution in [2.45, 2.75) is 103 Å². The van der Waals surface area contributed by atoms with Crippen LogP contribution in [0.2, 0.25) is 0 Å². The van der Waals surface area contributed by atoms with Crippen molar-refractivity contribution in [1.82, 2.24) is 40.4 Å². The number of nitrogens with one attached hydrogen (secondary N) is 4. The first kappa shape index (κ1) is 57.9. The quantitative estimate of drug-likeness (QED) is 0.0693. The monoisotopic (exact) mass is 1100 g/mol. The molecule has 4 aromatic carbocycles. The van der Waals surface area contributed by atoms with Crippen LogP contribution in [0.3, 0.4) is 0 Å². The summed E-state index contributed by atoms with van der Waals surface area (Å²) in [6.45, 7) is 17.4. The van der Waals surface area contributed by atoms with Crippen molar-refractivity contribution >= 4 is 35.1 Å². The Balaban J connectivity index is 0.873. The van der Waals surface area contributed by atoms with Crippen molar-refractivity contribution in [2.75, 3.05) is 26.3 Å². The fourth-order valence-electron chi connectivity index (χ4n) is 11.4. The van der Waals surface area contributed by atoms with Crippen LogP contribution in [0, 0.1) is 11.8 Å². The zero-order valence-electron chi connectivity index (χ0n) is 47.6. The highest BCUT2D eigenvalue weighted by molar-refractivity contribution is 5.88. The Kier molecular flexibility index (Phi) is 19.5. The second kappa shape index (κ2) is 27.6. The smallest absolute Gasteiger partial charge is 0.408 e. The highest BCUT2D eigenvalue weighted by Gasteiger charge is 2.39. The lowest BCUT2D eigenvalue weighted by Crippen LogP contribution is -2.43. The van der Waals surface area contributed by atoms with Crippen molar-refractivity contribution in [3.63, 3.8) is 0 Å². The van der Waals surface area contributed by atoms with Crippen LogP contribution in [-0.2, 0) is 19.1 Å². The number of rotatable bonds is 16. The summed E-state index contributed by atoms with van der Waals surface area (Å²) < 4.78 is 10.4. The van der Waals surface area contributed by atoms with Gasteiger partial charge in [0.1, 0.15) is 36.9 Å². The number of aromatic nitrogens is 4. The number of imidazole rings is 2. The third-order valence-corrected chi connectivity index (χ3v) is 16.1. The van der Waals surface area contributed by atoms with Gasteiger partial charge < -0.3 is 39.9 Å². The molecule has 2 aliphatic heterocycles. The molecule has 2 aromatic heterocycles. The summed E-state index contributed by atoms with van der Waals surface area (Å²) in [7, 11) is 0. The molecule has 0 unspecified atom stereocenters. The van der Waals surface area contributed by atoms with Crippen molar-refractivity contribution < 1.29 is 28.7 Å². The number of H-pyrrole nitrogens is 2. The van der Waals surface area contributed by atoms with E-state index in [0.29, 0.717) is 47.7 Å². The second-order valence-corrected chi connectivity index (χ2v) is 21.6. The predicted molar refractivity (Wildman–Crippen MR) is 323 cm³/mol. The molecule has 6 aromatic rings. The Hall–Kier alpha value is -8.78. The van der Waals surface area contributed by atoms with E-state index in [1.165, 1.54) is 40.0 Å². The van der Waals surface area contributed by atoms with Crippen LogP contribution in [0.5, 0.6) is 0 Å². The van der Waals surface area contributed by atoms with Gasteiger partial charge in [-0.3, -0.25) is 9.59 Å². The Morgan fingerprint density at radius 3 is 1.63 bits per heavy atom. The molecule has 3 aliphatic rings. The number of alkyl carbamates (subject to hydrolysis) is 2. The summed E-state index contributed by atoms with van der Waals surface area (Å²) in [5.74, 6) is 1.71. The van der Waals surface area contributed by atoms with E-state index < -0.39 is 24.3 Å². The van der Waals surface area contributed by atoms with E-state index in [9.17, 15) is 19.2 Å². The van der Waals surface area contributed by atoms with Crippen molar-refractivity contribution in [3.8, 4) is 22.5 Å². The summed E-state index contributed by atoms with van der Waals surface area (Å²) in [5, 5.41) is 5.57. The lowest BCUT2D eigenvalue weighted by molar-refractivity contribution is -0.135. The number of carbonyl (C=O) groups is 4.